The van der Waals surface area contributed by atoms with E-state index >= 15 is 0 Å². The molecular weight excluding hydrogens is 341 g/mol. The lowest BCUT2D eigenvalue weighted by Gasteiger charge is -2.07. The van der Waals surface area contributed by atoms with E-state index in [0.29, 0.717) is 0 Å². The normalized spacial score (nSPS) is 12.1. The summed E-state index contributed by atoms with van der Waals surface area (Å²) in [5, 5.41) is 4.89. The van der Waals surface area contributed by atoms with Crippen LogP contribution in [0.3, 0.4) is 0 Å². The average molecular weight is 348 g/mol. The number of aromatic nitrogens is 1. The van der Waals surface area contributed by atoms with Crippen LogP contribution in [0.4, 0.5) is 8.78 Å². The van der Waals surface area contributed by atoms with Crippen molar-refractivity contribution in [3.63, 3.8) is 0 Å². The Hall–Kier alpha value is -0.350. The maximum atomic E-state index is 12.4. The molecule has 0 bridgehead atoms. The van der Waals surface area contributed by atoms with Gasteiger partial charge in [0, 0.05) is 0 Å². The highest BCUT2D eigenvalue weighted by Gasteiger charge is 2.20. The van der Waals surface area contributed by atoms with Gasteiger partial charge in [0.15, 0.2) is 0 Å². The summed E-state index contributed by atoms with van der Waals surface area (Å²) in [7, 11) is -3.91. The Labute approximate surface area is 99.1 Å². The molecule has 0 spiro atoms. The largest absolute Gasteiger partial charge is 0.280 e. The molecule has 1 rings (SSSR count). The van der Waals surface area contributed by atoms with Gasteiger partial charge in [-0.2, -0.15) is 0 Å². The van der Waals surface area contributed by atoms with Crippen LogP contribution in [0.5, 0.6) is 0 Å². The average Bonchev–Trinajstić information content (AvgIpc) is 2.06. The zero-order valence-electron chi connectivity index (χ0n) is 7.54. The number of nitrogens with zero attached hydrogens (tertiary/aromatic N) is 1. The van der Waals surface area contributed by atoms with E-state index in [9.17, 15) is 17.2 Å². The molecule has 0 atom stereocenters. The fraction of sp³-hybridized carbons (Fsp3) is 0.286. The van der Waals surface area contributed by atoms with Crippen molar-refractivity contribution < 1.29 is 17.2 Å². The van der Waals surface area contributed by atoms with E-state index in [1.807, 2.05) is 0 Å². The minimum Gasteiger partial charge on any atom is -0.239 e. The molecule has 0 aliphatic carbocycles. The van der Waals surface area contributed by atoms with Crippen molar-refractivity contribution in [1.29, 1.82) is 0 Å². The van der Waals surface area contributed by atoms with Gasteiger partial charge in [0.05, 0.1) is 0 Å². The molecule has 0 unspecified atom stereocenters. The van der Waals surface area contributed by atoms with E-state index in [1.54, 1.807) is 22.6 Å². The Balaban J connectivity index is 3.46. The first kappa shape index (κ1) is 12.7. The van der Waals surface area contributed by atoms with Gasteiger partial charge in [-0.1, -0.05) is 0 Å². The van der Waals surface area contributed by atoms with Crippen LogP contribution in [0.25, 0.3) is 0 Å². The number of rotatable bonds is 2. The number of nitrogens with two attached hydrogens (primary N) is 1. The van der Waals surface area contributed by atoms with Crippen molar-refractivity contribution in [2.75, 3.05) is 0 Å². The van der Waals surface area contributed by atoms with Gasteiger partial charge in [-0.3, -0.25) is 0 Å². The first-order chi connectivity index (χ1) is 6.73. The molecule has 1 aromatic rings. The summed E-state index contributed by atoms with van der Waals surface area (Å²) >= 11 is 1.56. The topological polar surface area (TPSA) is 73.1 Å². The molecule has 0 fully saturated rings. The van der Waals surface area contributed by atoms with Crippen molar-refractivity contribution in [2.45, 2.75) is 18.2 Å². The maximum absolute atomic E-state index is 12.4. The van der Waals surface area contributed by atoms with Crippen molar-refractivity contribution >= 4 is 32.6 Å². The van der Waals surface area contributed by atoms with E-state index < -0.39 is 22.1 Å². The summed E-state index contributed by atoms with van der Waals surface area (Å²) in [5.41, 5.74) is -0.318. The Morgan fingerprint density at radius 3 is 2.47 bits per heavy atom. The van der Waals surface area contributed by atoms with Crippen LogP contribution in [0.1, 0.15) is 17.7 Å². The molecule has 0 amide bonds. The zero-order valence-corrected chi connectivity index (χ0v) is 10.5. The van der Waals surface area contributed by atoms with Crippen molar-refractivity contribution in [1.82, 2.24) is 4.98 Å². The van der Waals surface area contributed by atoms with Gasteiger partial charge in [0.1, 0.15) is 14.3 Å². The molecule has 1 aromatic heterocycles. The van der Waals surface area contributed by atoms with Gasteiger partial charge >= 0.3 is 0 Å². The van der Waals surface area contributed by atoms with Gasteiger partial charge in [0.25, 0.3) is 6.43 Å². The molecule has 1 heterocycles. The van der Waals surface area contributed by atoms with E-state index in [-0.39, 0.29) is 14.2 Å². The Morgan fingerprint density at radius 1 is 1.53 bits per heavy atom. The number of pyridine rings is 1. The molecule has 0 saturated heterocycles. The summed E-state index contributed by atoms with van der Waals surface area (Å²) in [4.78, 5) is 3.28. The lowest BCUT2D eigenvalue weighted by molar-refractivity contribution is 0.145. The van der Waals surface area contributed by atoms with Crippen LogP contribution in [-0.2, 0) is 10.0 Å². The van der Waals surface area contributed by atoms with Crippen molar-refractivity contribution in [3.8, 4) is 0 Å². The number of aryl methyl sites for hydroxylation is 1. The standard InChI is InChI=1S/C7H7F2IN2O2S/c1-3-2-4(15(11,13)14)7(10)12-5(3)6(8)9/h2,6H,1H3,(H2,11,13,14). The minimum atomic E-state index is -3.91. The summed E-state index contributed by atoms with van der Waals surface area (Å²) in [6.07, 6.45) is -2.73. The molecule has 0 saturated carbocycles. The fourth-order valence-corrected chi connectivity index (χ4v) is 2.96. The smallest absolute Gasteiger partial charge is 0.239 e. The van der Waals surface area contributed by atoms with Gasteiger partial charge in [-0.25, -0.2) is 27.3 Å². The highest BCUT2D eigenvalue weighted by atomic mass is 127. The Kier molecular flexibility index (Phi) is 3.61. The third-order valence-electron chi connectivity index (χ3n) is 1.69. The number of hydrogen-bond acceptors (Lipinski definition) is 3. The lowest BCUT2D eigenvalue weighted by Crippen LogP contribution is -2.15. The zero-order chi connectivity index (χ0) is 11.8. The fourth-order valence-electron chi connectivity index (χ4n) is 1.000. The van der Waals surface area contributed by atoms with Crippen LogP contribution >= 0.6 is 22.6 Å². The van der Waals surface area contributed by atoms with E-state index in [1.165, 1.54) is 6.92 Å². The second-order valence-corrected chi connectivity index (χ2v) is 5.38. The second kappa shape index (κ2) is 4.26. The van der Waals surface area contributed by atoms with Gasteiger partial charge in [-0.15, -0.1) is 0 Å². The number of primary sulfonamides is 1. The van der Waals surface area contributed by atoms with E-state index in [0.717, 1.165) is 6.07 Å². The summed E-state index contributed by atoms with van der Waals surface area (Å²) < 4.78 is 46.8. The molecule has 0 aliphatic rings. The highest BCUT2D eigenvalue weighted by Crippen LogP contribution is 2.25. The van der Waals surface area contributed by atoms with Crippen LogP contribution in [0.15, 0.2) is 11.0 Å². The number of sulfonamides is 1. The molecule has 4 nitrogen and oxygen atoms in total. The first-order valence-corrected chi connectivity index (χ1v) is 6.34. The second-order valence-electron chi connectivity index (χ2n) is 2.83. The van der Waals surface area contributed by atoms with E-state index in [2.05, 4.69) is 4.98 Å². The molecule has 84 valence electrons. The SMILES string of the molecule is Cc1cc(S(N)(=O)=O)c(I)nc1C(F)F. The third-order valence-corrected chi connectivity index (χ3v) is 3.80. The lowest BCUT2D eigenvalue weighted by atomic mass is 10.2. The molecule has 0 radical (unpaired) electrons. The first-order valence-electron chi connectivity index (χ1n) is 3.71. The van der Waals surface area contributed by atoms with Crippen LogP contribution in [-0.4, -0.2) is 13.4 Å². The maximum Gasteiger partial charge on any atom is 0.280 e. The number of hydrogen-bond donors (Lipinski definition) is 1. The van der Waals surface area contributed by atoms with Gasteiger partial charge in [0.2, 0.25) is 10.0 Å². The van der Waals surface area contributed by atoms with E-state index in [4.69, 9.17) is 5.14 Å². The molecule has 8 heteroatoms. The van der Waals surface area contributed by atoms with Crippen LogP contribution < -0.4 is 5.14 Å². The highest BCUT2D eigenvalue weighted by molar-refractivity contribution is 14.1. The van der Waals surface area contributed by atoms with Gasteiger partial charge < -0.3 is 0 Å². The molecule has 0 aromatic carbocycles. The summed E-state index contributed by atoms with van der Waals surface area (Å²) in [6.45, 7) is 1.36. The summed E-state index contributed by atoms with van der Waals surface area (Å²) in [5.74, 6) is 0. The monoisotopic (exact) mass is 348 g/mol. The summed E-state index contributed by atoms with van der Waals surface area (Å²) in [6, 6.07) is 1.10. The minimum absolute atomic E-state index is 0.0454. The van der Waals surface area contributed by atoms with Crippen molar-refractivity contribution in [2.24, 2.45) is 5.14 Å². The molecule has 15 heavy (non-hydrogen) atoms. The van der Waals surface area contributed by atoms with Gasteiger partial charge in [-0.05, 0) is 41.1 Å². The van der Waals surface area contributed by atoms with Crippen molar-refractivity contribution in [3.05, 3.63) is 21.0 Å². The predicted molar refractivity (Wildman–Crippen MR) is 58.0 cm³/mol. The Morgan fingerprint density at radius 2 is 2.07 bits per heavy atom. The van der Waals surface area contributed by atoms with Crippen LogP contribution in [0.2, 0.25) is 0 Å². The third kappa shape index (κ3) is 2.82. The molecular formula is C7H7F2IN2O2S. The molecule has 2 N–H and O–H groups in total. The number of alkyl halides is 2. The quantitative estimate of drug-likeness (QED) is 0.652. The molecule has 0 aliphatic heterocycles. The predicted octanol–water partition coefficient (Wildman–Crippen LogP) is 1.58. The Bertz CT molecular complexity index is 490. The number of halogens is 3. The van der Waals surface area contributed by atoms with Crippen LogP contribution in [0, 0.1) is 10.6 Å².